The standard InChI is InChI=1S/C29H31NO6/c1-5-11-35-22-10-9-19(15-24(22)33-6-2)26-25-27(31)21-13-17(3)18(4)14-23(21)36-28(25)29(32)30(26)16-20-8-7-12-34-20/h5,9-10,13-15,20,26H,1,6-8,11-12,16H2,2-4H3. The van der Waals surface area contributed by atoms with Crippen LogP contribution in [0.25, 0.3) is 11.0 Å². The van der Waals surface area contributed by atoms with E-state index in [9.17, 15) is 9.59 Å². The molecule has 0 saturated carbocycles. The van der Waals surface area contributed by atoms with E-state index in [2.05, 4.69) is 6.58 Å². The summed E-state index contributed by atoms with van der Waals surface area (Å²) in [5, 5.41) is 0.476. The van der Waals surface area contributed by atoms with E-state index in [1.54, 1.807) is 11.0 Å². The third-order valence-electron chi connectivity index (χ3n) is 6.95. The second-order valence-electron chi connectivity index (χ2n) is 9.34. The van der Waals surface area contributed by atoms with Crippen molar-refractivity contribution in [1.29, 1.82) is 0 Å². The highest BCUT2D eigenvalue weighted by Crippen LogP contribution is 2.41. The predicted molar refractivity (Wildman–Crippen MR) is 137 cm³/mol. The van der Waals surface area contributed by atoms with Crippen LogP contribution in [0.4, 0.5) is 0 Å². The normalized spacial score (nSPS) is 19.1. The molecule has 0 radical (unpaired) electrons. The van der Waals surface area contributed by atoms with E-state index in [-0.39, 0.29) is 23.2 Å². The van der Waals surface area contributed by atoms with Gasteiger partial charge >= 0.3 is 0 Å². The number of benzene rings is 2. The molecule has 0 aliphatic carbocycles. The predicted octanol–water partition coefficient (Wildman–Crippen LogP) is 5.10. The van der Waals surface area contributed by atoms with E-state index in [0.717, 1.165) is 29.5 Å². The van der Waals surface area contributed by atoms with Gasteiger partial charge in [0.05, 0.1) is 29.7 Å². The number of nitrogens with zero attached hydrogens (tertiary/aromatic N) is 1. The largest absolute Gasteiger partial charge is 0.490 e. The Morgan fingerprint density at radius 1 is 1.11 bits per heavy atom. The number of carbonyl (C=O) groups excluding carboxylic acids is 1. The van der Waals surface area contributed by atoms with Crippen LogP contribution in [-0.4, -0.2) is 43.3 Å². The van der Waals surface area contributed by atoms with Crippen LogP contribution in [0.3, 0.4) is 0 Å². The molecule has 2 unspecified atom stereocenters. The molecule has 36 heavy (non-hydrogen) atoms. The van der Waals surface area contributed by atoms with Gasteiger partial charge in [0.2, 0.25) is 5.76 Å². The van der Waals surface area contributed by atoms with Gasteiger partial charge in [-0.3, -0.25) is 9.59 Å². The molecule has 2 aliphatic heterocycles. The summed E-state index contributed by atoms with van der Waals surface area (Å²) in [5.74, 6) is 0.926. The maximum atomic E-state index is 13.9. The first-order valence-electron chi connectivity index (χ1n) is 12.4. The second-order valence-corrected chi connectivity index (χ2v) is 9.34. The molecule has 0 bridgehead atoms. The smallest absolute Gasteiger partial charge is 0.291 e. The van der Waals surface area contributed by atoms with E-state index in [4.69, 9.17) is 18.6 Å². The highest BCUT2D eigenvalue weighted by molar-refractivity contribution is 5.99. The topological polar surface area (TPSA) is 78.2 Å². The Kier molecular flexibility index (Phi) is 6.58. The molecule has 1 fully saturated rings. The zero-order valence-electron chi connectivity index (χ0n) is 21.0. The third-order valence-corrected chi connectivity index (χ3v) is 6.95. The van der Waals surface area contributed by atoms with Gasteiger partial charge in [-0.05, 0) is 74.6 Å². The number of amides is 1. The summed E-state index contributed by atoms with van der Waals surface area (Å²) in [6.45, 7) is 11.4. The number of ether oxygens (including phenoxy) is 3. The third kappa shape index (κ3) is 4.17. The monoisotopic (exact) mass is 489 g/mol. The Hall–Kier alpha value is -3.58. The molecule has 1 amide bonds. The number of rotatable bonds is 8. The van der Waals surface area contributed by atoms with E-state index >= 15 is 0 Å². The Labute approximate surface area is 210 Å². The van der Waals surface area contributed by atoms with Crippen molar-refractivity contribution >= 4 is 16.9 Å². The molecule has 2 atom stereocenters. The molecule has 7 nitrogen and oxygen atoms in total. The van der Waals surface area contributed by atoms with Crippen molar-refractivity contribution in [2.24, 2.45) is 0 Å². The van der Waals surface area contributed by atoms with E-state index < -0.39 is 6.04 Å². The molecule has 1 saturated heterocycles. The van der Waals surface area contributed by atoms with Crippen LogP contribution in [0.15, 0.2) is 52.2 Å². The quantitative estimate of drug-likeness (QED) is 0.410. The molecule has 0 spiro atoms. The van der Waals surface area contributed by atoms with E-state index in [1.807, 2.05) is 51.1 Å². The van der Waals surface area contributed by atoms with Gasteiger partial charge < -0.3 is 23.5 Å². The molecule has 5 rings (SSSR count). The number of hydrogen-bond donors (Lipinski definition) is 0. The highest BCUT2D eigenvalue weighted by Gasteiger charge is 2.44. The molecule has 3 aromatic rings. The van der Waals surface area contributed by atoms with Crippen molar-refractivity contribution in [2.45, 2.75) is 45.8 Å². The van der Waals surface area contributed by atoms with Gasteiger partial charge in [0.25, 0.3) is 5.91 Å². The van der Waals surface area contributed by atoms with Crippen molar-refractivity contribution in [3.05, 3.63) is 81.2 Å². The average Bonchev–Trinajstić information content (AvgIpc) is 3.47. The Morgan fingerprint density at radius 2 is 1.92 bits per heavy atom. The average molecular weight is 490 g/mol. The fourth-order valence-electron chi connectivity index (χ4n) is 5.05. The molecule has 0 N–H and O–H groups in total. The van der Waals surface area contributed by atoms with Crippen LogP contribution in [-0.2, 0) is 4.74 Å². The molecule has 2 aliphatic rings. The van der Waals surface area contributed by atoms with E-state index in [1.165, 1.54) is 0 Å². The summed E-state index contributed by atoms with van der Waals surface area (Å²) in [4.78, 5) is 29.3. The van der Waals surface area contributed by atoms with Crippen LogP contribution in [0.1, 0.15) is 58.6 Å². The van der Waals surface area contributed by atoms with Gasteiger partial charge in [0.15, 0.2) is 16.9 Å². The number of fused-ring (bicyclic) bond motifs is 2. The lowest BCUT2D eigenvalue weighted by Gasteiger charge is -2.28. The first-order chi connectivity index (χ1) is 17.4. The minimum absolute atomic E-state index is 0.0821. The van der Waals surface area contributed by atoms with Gasteiger partial charge in [0.1, 0.15) is 12.2 Å². The van der Waals surface area contributed by atoms with Crippen molar-refractivity contribution in [1.82, 2.24) is 4.90 Å². The summed E-state index contributed by atoms with van der Waals surface area (Å²) in [6.07, 6.45) is 3.40. The lowest BCUT2D eigenvalue weighted by atomic mass is 9.97. The summed E-state index contributed by atoms with van der Waals surface area (Å²) in [6, 6.07) is 8.59. The minimum Gasteiger partial charge on any atom is -0.490 e. The first-order valence-corrected chi connectivity index (χ1v) is 12.4. The lowest BCUT2D eigenvalue weighted by molar-refractivity contribution is 0.0486. The maximum Gasteiger partial charge on any atom is 0.291 e. The number of hydrogen-bond acceptors (Lipinski definition) is 6. The van der Waals surface area contributed by atoms with Gasteiger partial charge in [-0.15, -0.1) is 0 Å². The fourth-order valence-corrected chi connectivity index (χ4v) is 5.05. The molecule has 3 heterocycles. The highest BCUT2D eigenvalue weighted by atomic mass is 16.5. The lowest BCUT2D eigenvalue weighted by Crippen LogP contribution is -2.36. The summed E-state index contributed by atoms with van der Waals surface area (Å²) in [7, 11) is 0. The van der Waals surface area contributed by atoms with Crippen LogP contribution in [0.2, 0.25) is 0 Å². The van der Waals surface area contributed by atoms with Crippen molar-refractivity contribution in [2.75, 3.05) is 26.4 Å². The van der Waals surface area contributed by atoms with Gasteiger partial charge in [-0.25, -0.2) is 0 Å². The molecule has 1 aromatic heterocycles. The zero-order valence-corrected chi connectivity index (χ0v) is 21.0. The number of aryl methyl sites for hydroxylation is 2. The molecule has 7 heteroatoms. The van der Waals surface area contributed by atoms with Gasteiger partial charge in [0, 0.05) is 13.2 Å². The number of carbonyl (C=O) groups is 1. The fraction of sp³-hybridized carbons (Fsp3) is 0.379. The molecule has 188 valence electrons. The van der Waals surface area contributed by atoms with Crippen LogP contribution in [0, 0.1) is 13.8 Å². The second kappa shape index (κ2) is 9.82. The Bertz CT molecular complexity index is 1380. The van der Waals surface area contributed by atoms with Crippen LogP contribution < -0.4 is 14.9 Å². The van der Waals surface area contributed by atoms with Crippen molar-refractivity contribution in [3.8, 4) is 11.5 Å². The molecular weight excluding hydrogens is 458 g/mol. The summed E-state index contributed by atoms with van der Waals surface area (Å²) >= 11 is 0. The minimum atomic E-state index is -0.619. The zero-order chi connectivity index (χ0) is 25.4. The van der Waals surface area contributed by atoms with Crippen LogP contribution >= 0.6 is 0 Å². The van der Waals surface area contributed by atoms with E-state index in [0.29, 0.717) is 54.4 Å². The molecular formula is C29H31NO6. The SMILES string of the molecule is C=CCOc1ccc(C2c3c(oc4cc(C)c(C)cc4c3=O)C(=O)N2CC2CCCO2)cc1OCC. The molecule has 2 aromatic carbocycles. The first kappa shape index (κ1) is 24.1. The Morgan fingerprint density at radius 3 is 2.64 bits per heavy atom. The Balaban J connectivity index is 1.68. The maximum absolute atomic E-state index is 13.9. The van der Waals surface area contributed by atoms with Gasteiger partial charge in [-0.1, -0.05) is 18.7 Å². The van der Waals surface area contributed by atoms with Crippen molar-refractivity contribution in [3.63, 3.8) is 0 Å². The van der Waals surface area contributed by atoms with Crippen molar-refractivity contribution < 1.29 is 23.4 Å². The summed E-state index contributed by atoms with van der Waals surface area (Å²) < 4.78 is 23.6. The van der Waals surface area contributed by atoms with Crippen LogP contribution in [0.5, 0.6) is 11.5 Å². The van der Waals surface area contributed by atoms with Gasteiger partial charge in [-0.2, -0.15) is 0 Å². The summed E-state index contributed by atoms with van der Waals surface area (Å²) in [5.41, 5.74) is 3.35.